The quantitative estimate of drug-likeness (QED) is 0.329. The van der Waals surface area contributed by atoms with E-state index in [-0.39, 0.29) is 6.04 Å². The van der Waals surface area contributed by atoms with Crippen molar-refractivity contribution in [3.8, 4) is 22.8 Å². The van der Waals surface area contributed by atoms with Crippen molar-refractivity contribution in [1.82, 2.24) is 39.3 Å². The van der Waals surface area contributed by atoms with Crippen LogP contribution in [0.4, 0.5) is 10.6 Å². The van der Waals surface area contributed by atoms with Gasteiger partial charge in [-0.15, -0.1) is 0 Å². The zero-order valence-electron chi connectivity index (χ0n) is 24.6. The Balaban J connectivity index is 0.885. The molecular weight excluding hydrogens is 558 g/mol. The van der Waals surface area contributed by atoms with Gasteiger partial charge in [0, 0.05) is 76.0 Å². The third kappa shape index (κ3) is 4.92. The molecule has 4 aliphatic heterocycles. The molecule has 0 bridgehead atoms. The standard InChI is InChI=1S/C32H37N9O3/c33-30-28-29(21-6-8-27(9-7-21)44-26-4-2-1-3-5-26)36-41(31(28)35-20-34-30)22-10-12-37(13-11-22)23-14-38(15-23)24-16-39(17-24)25-18-40(19-25)32(42)43/h1-9,20,22-25H,10-19H2,(H,42,43)(H2,33,34,35). The molecule has 44 heavy (non-hydrogen) atoms. The second-order valence-electron chi connectivity index (χ2n) is 12.5. The normalized spacial score (nSPS) is 21.2. The molecule has 12 heteroatoms. The maximum Gasteiger partial charge on any atom is 0.407 e. The van der Waals surface area contributed by atoms with Crippen molar-refractivity contribution in [3.05, 3.63) is 60.9 Å². The summed E-state index contributed by atoms with van der Waals surface area (Å²) in [6, 6.07) is 19.6. The number of aromatic nitrogens is 4. The number of piperidine rings is 1. The zero-order valence-corrected chi connectivity index (χ0v) is 24.6. The van der Waals surface area contributed by atoms with Crippen LogP contribution in [0.3, 0.4) is 0 Å². The Labute approximate surface area is 255 Å². The van der Waals surface area contributed by atoms with Gasteiger partial charge in [0.1, 0.15) is 29.3 Å². The smallest absolute Gasteiger partial charge is 0.407 e. The van der Waals surface area contributed by atoms with Crippen molar-refractivity contribution in [3.63, 3.8) is 0 Å². The Bertz CT molecular complexity index is 1640. The average Bonchev–Trinajstić information content (AvgIpc) is 3.36. The summed E-state index contributed by atoms with van der Waals surface area (Å²) in [5.41, 5.74) is 8.94. The highest BCUT2D eigenvalue weighted by Gasteiger charge is 2.46. The minimum absolute atomic E-state index is 0.252. The molecule has 0 spiro atoms. The van der Waals surface area contributed by atoms with Gasteiger partial charge in [-0.3, -0.25) is 14.7 Å². The fraction of sp³-hybridized carbons (Fsp3) is 0.438. The lowest BCUT2D eigenvalue weighted by Gasteiger charge is -2.58. The maximum atomic E-state index is 11.0. The summed E-state index contributed by atoms with van der Waals surface area (Å²) >= 11 is 0. The number of nitrogen functional groups attached to an aromatic ring is 1. The number of ether oxygens (including phenoxy) is 1. The molecule has 12 nitrogen and oxygen atoms in total. The Kier molecular flexibility index (Phi) is 6.84. The molecule has 1 amide bonds. The van der Waals surface area contributed by atoms with Gasteiger partial charge < -0.3 is 20.5 Å². The Morgan fingerprint density at radius 3 is 2.05 bits per heavy atom. The first-order valence-electron chi connectivity index (χ1n) is 15.5. The summed E-state index contributed by atoms with van der Waals surface area (Å²) in [4.78, 5) is 29.1. The van der Waals surface area contributed by atoms with E-state index in [1.54, 1.807) is 0 Å². The molecule has 0 radical (unpaired) electrons. The zero-order chi connectivity index (χ0) is 29.8. The molecule has 4 fully saturated rings. The number of carboxylic acid groups (broad SMARTS) is 1. The highest BCUT2D eigenvalue weighted by atomic mass is 16.5. The third-order valence-electron chi connectivity index (χ3n) is 9.93. The monoisotopic (exact) mass is 595 g/mol. The van der Waals surface area contributed by atoms with E-state index in [1.807, 2.05) is 54.6 Å². The average molecular weight is 596 g/mol. The number of amides is 1. The van der Waals surface area contributed by atoms with Crippen LogP contribution < -0.4 is 10.5 Å². The fourth-order valence-electron chi connectivity index (χ4n) is 7.13. The summed E-state index contributed by atoms with van der Waals surface area (Å²) in [6.07, 6.45) is 2.76. The number of anilines is 1. The number of hydrogen-bond donors (Lipinski definition) is 2. The maximum absolute atomic E-state index is 11.0. The Hall–Kier alpha value is -4.26. The van der Waals surface area contributed by atoms with Gasteiger partial charge in [0.15, 0.2) is 5.65 Å². The molecule has 0 saturated carbocycles. The minimum Gasteiger partial charge on any atom is -0.465 e. The van der Waals surface area contributed by atoms with E-state index in [0.717, 1.165) is 85.9 Å². The van der Waals surface area contributed by atoms with Gasteiger partial charge in [-0.05, 0) is 49.2 Å². The van der Waals surface area contributed by atoms with Gasteiger partial charge >= 0.3 is 6.09 Å². The highest BCUT2D eigenvalue weighted by molar-refractivity contribution is 5.98. The number of carbonyl (C=O) groups is 1. The number of para-hydroxylation sites is 1. The van der Waals surface area contributed by atoms with E-state index in [2.05, 4.69) is 29.3 Å². The first-order valence-corrected chi connectivity index (χ1v) is 15.5. The number of nitrogens with zero attached hydrogens (tertiary/aromatic N) is 8. The summed E-state index contributed by atoms with van der Waals surface area (Å²) in [5, 5.41) is 15.0. The number of rotatable bonds is 7. The molecule has 0 atom stereocenters. The van der Waals surface area contributed by atoms with Crippen LogP contribution in [-0.2, 0) is 0 Å². The van der Waals surface area contributed by atoms with Crippen LogP contribution in [0.1, 0.15) is 18.9 Å². The van der Waals surface area contributed by atoms with Gasteiger partial charge in [0.05, 0.1) is 11.4 Å². The fourth-order valence-corrected chi connectivity index (χ4v) is 7.13. The molecule has 3 N–H and O–H groups in total. The Morgan fingerprint density at radius 1 is 0.773 bits per heavy atom. The van der Waals surface area contributed by atoms with Crippen molar-refractivity contribution < 1.29 is 14.6 Å². The molecule has 4 aliphatic rings. The van der Waals surface area contributed by atoms with Gasteiger partial charge in [0.2, 0.25) is 0 Å². The number of likely N-dealkylation sites (tertiary alicyclic amines) is 4. The predicted molar refractivity (Wildman–Crippen MR) is 166 cm³/mol. The van der Waals surface area contributed by atoms with Crippen LogP contribution >= 0.6 is 0 Å². The number of nitrogens with two attached hydrogens (primary N) is 1. The lowest BCUT2D eigenvalue weighted by molar-refractivity contribution is -0.0871. The molecule has 2 aromatic heterocycles. The largest absolute Gasteiger partial charge is 0.465 e. The Morgan fingerprint density at radius 2 is 1.39 bits per heavy atom. The van der Waals surface area contributed by atoms with E-state index in [1.165, 1.54) is 11.2 Å². The second-order valence-corrected chi connectivity index (χ2v) is 12.5. The summed E-state index contributed by atoms with van der Waals surface area (Å²) < 4.78 is 8.06. The molecule has 8 rings (SSSR count). The SMILES string of the molecule is Nc1ncnc2c1c(-c1ccc(Oc3ccccc3)cc1)nn2C1CCN(C2CN(C3CN(C4CN(C(=O)O)C4)C3)C2)CC1. The van der Waals surface area contributed by atoms with Crippen LogP contribution in [-0.4, -0.2) is 121 Å². The van der Waals surface area contributed by atoms with Gasteiger partial charge in [0.25, 0.3) is 0 Å². The number of fused-ring (bicyclic) bond motifs is 1. The molecule has 4 aromatic rings. The summed E-state index contributed by atoms with van der Waals surface area (Å²) in [6.45, 7) is 7.76. The van der Waals surface area contributed by atoms with E-state index >= 15 is 0 Å². The van der Waals surface area contributed by atoms with Gasteiger partial charge in [-0.2, -0.15) is 5.10 Å². The van der Waals surface area contributed by atoms with Crippen LogP contribution in [0.25, 0.3) is 22.3 Å². The molecule has 0 unspecified atom stereocenters. The molecular formula is C32H37N9O3. The third-order valence-corrected chi connectivity index (χ3v) is 9.93. The second kappa shape index (κ2) is 11.0. The number of benzene rings is 2. The summed E-state index contributed by atoms with van der Waals surface area (Å²) in [7, 11) is 0. The minimum atomic E-state index is -0.800. The highest BCUT2D eigenvalue weighted by Crippen LogP contribution is 2.36. The van der Waals surface area contributed by atoms with Crippen LogP contribution in [0, 0.1) is 0 Å². The van der Waals surface area contributed by atoms with E-state index in [9.17, 15) is 4.79 Å². The van der Waals surface area contributed by atoms with Gasteiger partial charge in [-0.25, -0.2) is 19.4 Å². The molecule has 6 heterocycles. The van der Waals surface area contributed by atoms with Crippen molar-refractivity contribution in [2.24, 2.45) is 0 Å². The van der Waals surface area contributed by atoms with E-state index < -0.39 is 6.09 Å². The molecule has 0 aliphatic carbocycles. The van der Waals surface area contributed by atoms with Crippen LogP contribution in [0.2, 0.25) is 0 Å². The van der Waals surface area contributed by atoms with Crippen LogP contribution in [0.5, 0.6) is 11.5 Å². The molecule has 2 aromatic carbocycles. The van der Waals surface area contributed by atoms with E-state index in [4.69, 9.17) is 20.7 Å². The van der Waals surface area contributed by atoms with Crippen molar-refractivity contribution in [2.75, 3.05) is 58.1 Å². The predicted octanol–water partition coefficient (Wildman–Crippen LogP) is 3.24. The first-order chi connectivity index (χ1) is 21.5. The van der Waals surface area contributed by atoms with Crippen molar-refractivity contribution >= 4 is 22.9 Å². The lowest BCUT2D eigenvalue weighted by Crippen LogP contribution is -2.74. The topological polar surface area (TPSA) is 129 Å². The van der Waals surface area contributed by atoms with Crippen molar-refractivity contribution in [2.45, 2.75) is 37.0 Å². The van der Waals surface area contributed by atoms with E-state index in [0.29, 0.717) is 37.0 Å². The first kappa shape index (κ1) is 27.3. The molecule has 228 valence electrons. The lowest BCUT2D eigenvalue weighted by atomic mass is 9.93. The van der Waals surface area contributed by atoms with Crippen LogP contribution in [0.15, 0.2) is 60.9 Å². The van der Waals surface area contributed by atoms with Crippen molar-refractivity contribution in [1.29, 1.82) is 0 Å². The number of hydrogen-bond acceptors (Lipinski definition) is 9. The van der Waals surface area contributed by atoms with Gasteiger partial charge in [-0.1, -0.05) is 18.2 Å². The molecule has 4 saturated heterocycles. The summed E-state index contributed by atoms with van der Waals surface area (Å²) in [5.74, 6) is 2.00.